The van der Waals surface area contributed by atoms with Crippen LogP contribution in [0.5, 0.6) is 0 Å². The van der Waals surface area contributed by atoms with Gasteiger partial charge in [0.15, 0.2) is 0 Å². The summed E-state index contributed by atoms with van der Waals surface area (Å²) in [4.78, 5) is 2.65. The van der Waals surface area contributed by atoms with Gasteiger partial charge in [-0.3, -0.25) is 4.90 Å². The minimum absolute atomic E-state index is 0.716. The molecule has 0 heterocycles. The molecule has 0 amide bonds. The number of benzene rings is 1. The molecule has 0 aromatic heterocycles. The summed E-state index contributed by atoms with van der Waals surface area (Å²) < 4.78 is 0. The minimum atomic E-state index is 0.716. The fraction of sp³-hybridized carbons (Fsp3) is 0.667. The molecule has 1 fully saturated rings. The molecule has 0 unspecified atom stereocenters. The molecule has 1 aromatic carbocycles. The van der Waals surface area contributed by atoms with Crippen molar-refractivity contribution in [3.63, 3.8) is 0 Å². The highest BCUT2D eigenvalue weighted by molar-refractivity contribution is 5.23. The zero-order valence-electron chi connectivity index (χ0n) is 13.4. The molecule has 0 atom stereocenters. The van der Waals surface area contributed by atoms with Gasteiger partial charge in [-0.2, -0.15) is 0 Å². The van der Waals surface area contributed by atoms with E-state index in [2.05, 4.69) is 55.3 Å². The van der Waals surface area contributed by atoms with Crippen LogP contribution in [0.1, 0.15) is 51.2 Å². The molecule has 1 saturated carbocycles. The van der Waals surface area contributed by atoms with Gasteiger partial charge in [0.05, 0.1) is 0 Å². The first-order valence-corrected chi connectivity index (χ1v) is 8.21. The molecule has 1 aromatic rings. The van der Waals surface area contributed by atoms with E-state index in [1.807, 2.05) is 0 Å². The van der Waals surface area contributed by atoms with E-state index in [0.717, 1.165) is 25.7 Å². The predicted molar refractivity (Wildman–Crippen MR) is 86.7 cm³/mol. The standard InChI is InChI=1S/C18H30N2/c1-4-10-20(18-8-9-18)14-17-7-5-6-16(11-17)13-19-12-15(2)3/h5-7,11,15,18-19H,4,8-10,12-14H2,1-3H3. The summed E-state index contributed by atoms with van der Waals surface area (Å²) in [5.74, 6) is 0.716. The topological polar surface area (TPSA) is 15.3 Å². The molecule has 20 heavy (non-hydrogen) atoms. The second kappa shape index (κ2) is 7.80. The van der Waals surface area contributed by atoms with E-state index in [0.29, 0.717) is 5.92 Å². The molecule has 1 N–H and O–H groups in total. The lowest BCUT2D eigenvalue weighted by atomic mass is 10.1. The van der Waals surface area contributed by atoms with Crippen molar-refractivity contribution >= 4 is 0 Å². The Balaban J connectivity index is 1.87. The van der Waals surface area contributed by atoms with Gasteiger partial charge >= 0.3 is 0 Å². The van der Waals surface area contributed by atoms with E-state index in [1.165, 1.54) is 36.9 Å². The SMILES string of the molecule is CCCN(Cc1cccc(CNCC(C)C)c1)C1CC1. The van der Waals surface area contributed by atoms with E-state index in [-0.39, 0.29) is 0 Å². The van der Waals surface area contributed by atoms with Gasteiger partial charge in [-0.25, -0.2) is 0 Å². The highest BCUT2D eigenvalue weighted by Gasteiger charge is 2.28. The summed E-state index contributed by atoms with van der Waals surface area (Å²) in [6.07, 6.45) is 4.05. The predicted octanol–water partition coefficient (Wildman–Crippen LogP) is 3.81. The van der Waals surface area contributed by atoms with Crippen molar-refractivity contribution in [2.75, 3.05) is 13.1 Å². The third-order valence-electron chi connectivity index (χ3n) is 3.83. The number of nitrogens with zero attached hydrogens (tertiary/aromatic N) is 1. The van der Waals surface area contributed by atoms with Gasteiger partial charge in [0.1, 0.15) is 0 Å². The van der Waals surface area contributed by atoms with Crippen LogP contribution in [-0.4, -0.2) is 24.0 Å². The van der Waals surface area contributed by atoms with Crippen molar-refractivity contribution in [3.8, 4) is 0 Å². The highest BCUT2D eigenvalue weighted by atomic mass is 15.2. The zero-order valence-corrected chi connectivity index (χ0v) is 13.4. The first-order valence-electron chi connectivity index (χ1n) is 8.21. The van der Waals surface area contributed by atoms with Gasteiger partial charge in [0.2, 0.25) is 0 Å². The van der Waals surface area contributed by atoms with Gasteiger partial charge < -0.3 is 5.32 Å². The Morgan fingerprint density at radius 2 is 2.00 bits per heavy atom. The Kier molecular flexibility index (Phi) is 6.06. The van der Waals surface area contributed by atoms with E-state index in [1.54, 1.807) is 0 Å². The quantitative estimate of drug-likeness (QED) is 0.736. The lowest BCUT2D eigenvalue weighted by molar-refractivity contribution is 0.255. The average molecular weight is 274 g/mol. The smallest absolute Gasteiger partial charge is 0.0236 e. The zero-order chi connectivity index (χ0) is 14.4. The largest absolute Gasteiger partial charge is 0.312 e. The Labute approximate surface area is 124 Å². The molecule has 112 valence electrons. The van der Waals surface area contributed by atoms with Crippen LogP contribution in [-0.2, 0) is 13.1 Å². The lowest BCUT2D eigenvalue weighted by Crippen LogP contribution is -2.26. The van der Waals surface area contributed by atoms with Crippen LogP contribution in [0.2, 0.25) is 0 Å². The van der Waals surface area contributed by atoms with E-state index in [4.69, 9.17) is 0 Å². The average Bonchev–Trinajstić information content (AvgIpc) is 3.22. The summed E-state index contributed by atoms with van der Waals surface area (Å²) in [7, 11) is 0. The first-order chi connectivity index (χ1) is 9.69. The molecule has 0 saturated heterocycles. The van der Waals surface area contributed by atoms with Crippen LogP contribution in [0.3, 0.4) is 0 Å². The summed E-state index contributed by atoms with van der Waals surface area (Å²) in [6.45, 7) is 11.2. The Hall–Kier alpha value is -0.860. The molecule has 2 nitrogen and oxygen atoms in total. The van der Waals surface area contributed by atoms with Gasteiger partial charge in [0, 0.05) is 19.1 Å². The molecule has 2 rings (SSSR count). The van der Waals surface area contributed by atoms with Crippen molar-refractivity contribution in [2.45, 2.75) is 59.2 Å². The van der Waals surface area contributed by atoms with E-state index in [9.17, 15) is 0 Å². The number of hydrogen-bond donors (Lipinski definition) is 1. The molecule has 0 spiro atoms. The Morgan fingerprint density at radius 3 is 2.65 bits per heavy atom. The van der Waals surface area contributed by atoms with Crippen LogP contribution in [0.25, 0.3) is 0 Å². The van der Waals surface area contributed by atoms with Crippen LogP contribution in [0, 0.1) is 5.92 Å². The van der Waals surface area contributed by atoms with Gasteiger partial charge in [0.25, 0.3) is 0 Å². The van der Waals surface area contributed by atoms with Gasteiger partial charge in [-0.1, -0.05) is 45.0 Å². The third kappa shape index (κ3) is 5.26. The van der Waals surface area contributed by atoms with Gasteiger partial charge in [-0.15, -0.1) is 0 Å². The highest BCUT2D eigenvalue weighted by Crippen LogP contribution is 2.28. The third-order valence-corrected chi connectivity index (χ3v) is 3.83. The summed E-state index contributed by atoms with van der Waals surface area (Å²) in [5.41, 5.74) is 2.88. The molecule has 2 heteroatoms. The van der Waals surface area contributed by atoms with Crippen molar-refractivity contribution in [1.29, 1.82) is 0 Å². The second-order valence-electron chi connectivity index (χ2n) is 6.55. The fourth-order valence-corrected chi connectivity index (χ4v) is 2.70. The molecule has 0 radical (unpaired) electrons. The monoisotopic (exact) mass is 274 g/mol. The molecular weight excluding hydrogens is 244 g/mol. The lowest BCUT2D eigenvalue weighted by Gasteiger charge is -2.21. The maximum atomic E-state index is 3.53. The number of rotatable bonds is 9. The van der Waals surface area contributed by atoms with E-state index >= 15 is 0 Å². The molecular formula is C18H30N2. The molecule has 1 aliphatic carbocycles. The number of hydrogen-bond acceptors (Lipinski definition) is 2. The Morgan fingerprint density at radius 1 is 1.25 bits per heavy atom. The minimum Gasteiger partial charge on any atom is -0.312 e. The van der Waals surface area contributed by atoms with Crippen molar-refractivity contribution in [1.82, 2.24) is 10.2 Å². The van der Waals surface area contributed by atoms with Crippen LogP contribution in [0.4, 0.5) is 0 Å². The molecule has 1 aliphatic rings. The summed E-state index contributed by atoms with van der Waals surface area (Å²) >= 11 is 0. The van der Waals surface area contributed by atoms with Crippen LogP contribution < -0.4 is 5.32 Å². The van der Waals surface area contributed by atoms with Gasteiger partial charge in [-0.05, 0) is 49.4 Å². The maximum Gasteiger partial charge on any atom is 0.0236 e. The van der Waals surface area contributed by atoms with Crippen LogP contribution in [0.15, 0.2) is 24.3 Å². The fourth-order valence-electron chi connectivity index (χ4n) is 2.70. The Bertz CT molecular complexity index is 396. The van der Waals surface area contributed by atoms with E-state index < -0.39 is 0 Å². The van der Waals surface area contributed by atoms with Crippen LogP contribution >= 0.6 is 0 Å². The maximum absolute atomic E-state index is 3.53. The number of nitrogens with one attached hydrogen (secondary N) is 1. The van der Waals surface area contributed by atoms with Crippen molar-refractivity contribution in [2.24, 2.45) is 5.92 Å². The molecule has 0 bridgehead atoms. The first kappa shape index (κ1) is 15.5. The normalized spacial score (nSPS) is 15.2. The van der Waals surface area contributed by atoms with Crippen molar-refractivity contribution in [3.05, 3.63) is 35.4 Å². The summed E-state index contributed by atoms with van der Waals surface area (Å²) in [6, 6.07) is 9.95. The van der Waals surface area contributed by atoms with Crippen molar-refractivity contribution < 1.29 is 0 Å². The molecule has 0 aliphatic heterocycles. The summed E-state index contributed by atoms with van der Waals surface area (Å²) in [5, 5.41) is 3.53. The second-order valence-corrected chi connectivity index (χ2v) is 6.55.